The maximum atomic E-state index is 6.81. The van der Waals surface area contributed by atoms with Crippen LogP contribution in [0.4, 0.5) is 0 Å². The summed E-state index contributed by atoms with van der Waals surface area (Å²) in [6.45, 7) is 20.0. The van der Waals surface area contributed by atoms with Crippen LogP contribution in [0.5, 0.6) is 0 Å². The Morgan fingerprint density at radius 1 is 1.18 bits per heavy atom. The minimum atomic E-state index is -1.97. The highest BCUT2D eigenvalue weighted by Crippen LogP contribution is 2.47. The Hall–Kier alpha value is -0.983. The van der Waals surface area contributed by atoms with E-state index >= 15 is 0 Å². The molecule has 2 aliphatic heterocycles. The summed E-state index contributed by atoms with van der Waals surface area (Å²) >= 11 is 0. The van der Waals surface area contributed by atoms with Crippen LogP contribution in [-0.4, -0.2) is 38.3 Å². The Morgan fingerprint density at radius 2 is 1.82 bits per heavy atom. The highest BCUT2D eigenvalue weighted by Gasteiger charge is 2.56. The van der Waals surface area contributed by atoms with Crippen LogP contribution in [-0.2, 0) is 18.6 Å². The van der Waals surface area contributed by atoms with Gasteiger partial charge in [-0.2, -0.15) is 0 Å². The van der Waals surface area contributed by atoms with Crippen molar-refractivity contribution in [3.63, 3.8) is 0 Å². The van der Waals surface area contributed by atoms with E-state index < -0.39 is 19.5 Å². The van der Waals surface area contributed by atoms with Crippen molar-refractivity contribution in [1.82, 2.24) is 0 Å². The summed E-state index contributed by atoms with van der Waals surface area (Å²) in [5.74, 6) is 0. The van der Waals surface area contributed by atoms with E-state index in [0.29, 0.717) is 6.61 Å². The molecule has 0 bridgehead atoms. The van der Waals surface area contributed by atoms with Crippen LogP contribution < -0.4 is 0 Å². The van der Waals surface area contributed by atoms with Gasteiger partial charge in [0.15, 0.2) is 14.6 Å². The predicted molar refractivity (Wildman–Crippen MR) is 115 cm³/mol. The Kier molecular flexibility index (Phi) is 5.71. The van der Waals surface area contributed by atoms with Crippen molar-refractivity contribution in [2.75, 3.05) is 6.61 Å². The average Bonchev–Trinajstić information content (AvgIpc) is 2.62. The third-order valence-corrected chi connectivity index (χ3v) is 11.2. The second kappa shape index (κ2) is 7.37. The van der Waals surface area contributed by atoms with E-state index in [1.54, 1.807) is 0 Å². The molecule has 0 radical (unpaired) electrons. The van der Waals surface area contributed by atoms with Crippen molar-refractivity contribution < 1.29 is 18.6 Å². The van der Waals surface area contributed by atoms with Crippen molar-refractivity contribution in [3.8, 4) is 0 Å². The quantitative estimate of drug-likeness (QED) is 0.482. The number of fused-ring (bicyclic) bond motifs is 1. The summed E-state index contributed by atoms with van der Waals surface area (Å²) in [6.07, 6.45) is 2.07. The molecule has 3 rings (SSSR count). The normalized spacial score (nSPS) is 36.6. The second-order valence-electron chi connectivity index (χ2n) is 10.1. The maximum absolute atomic E-state index is 6.81. The van der Waals surface area contributed by atoms with Crippen molar-refractivity contribution in [3.05, 3.63) is 48.6 Å². The van der Waals surface area contributed by atoms with Gasteiger partial charge in [0, 0.05) is 12.0 Å². The van der Waals surface area contributed by atoms with E-state index in [1.807, 2.05) is 36.4 Å². The molecular formula is C23H36O4Si. The molecule has 2 saturated heterocycles. The van der Waals surface area contributed by atoms with E-state index in [0.717, 1.165) is 12.0 Å². The van der Waals surface area contributed by atoms with Gasteiger partial charge in [-0.3, -0.25) is 0 Å². The van der Waals surface area contributed by atoms with Gasteiger partial charge in [0.2, 0.25) is 0 Å². The lowest BCUT2D eigenvalue weighted by Crippen LogP contribution is -2.66. The topological polar surface area (TPSA) is 36.9 Å². The van der Waals surface area contributed by atoms with Crippen molar-refractivity contribution >= 4 is 8.32 Å². The molecule has 1 aromatic rings. The summed E-state index contributed by atoms with van der Waals surface area (Å²) < 4.78 is 25.9. The molecule has 2 aliphatic rings. The van der Waals surface area contributed by atoms with Gasteiger partial charge in [-0.05, 0) is 32.0 Å². The molecule has 0 amide bonds. The van der Waals surface area contributed by atoms with Gasteiger partial charge in [-0.15, -0.1) is 6.58 Å². The lowest BCUT2D eigenvalue weighted by atomic mass is 9.82. The zero-order valence-electron chi connectivity index (χ0n) is 18.5. The smallest absolute Gasteiger partial charge is 0.192 e. The van der Waals surface area contributed by atoms with Crippen LogP contribution >= 0.6 is 0 Å². The number of benzene rings is 1. The molecule has 0 N–H and O–H groups in total. The zero-order valence-corrected chi connectivity index (χ0v) is 19.5. The molecule has 156 valence electrons. The monoisotopic (exact) mass is 404 g/mol. The van der Waals surface area contributed by atoms with Gasteiger partial charge >= 0.3 is 0 Å². The molecule has 0 spiro atoms. The molecule has 2 heterocycles. The summed E-state index contributed by atoms with van der Waals surface area (Å²) in [5.41, 5.74) is -0.0716. The Labute approximate surface area is 171 Å². The van der Waals surface area contributed by atoms with E-state index in [9.17, 15) is 0 Å². The van der Waals surface area contributed by atoms with Gasteiger partial charge in [-0.25, -0.2) is 0 Å². The number of ether oxygens (including phenoxy) is 3. The summed E-state index contributed by atoms with van der Waals surface area (Å²) in [6, 6.07) is 10.1. The van der Waals surface area contributed by atoms with E-state index in [2.05, 4.69) is 54.3 Å². The fraction of sp³-hybridized carbons (Fsp3) is 0.652. The molecule has 0 unspecified atom stereocenters. The number of rotatable bonds is 4. The van der Waals surface area contributed by atoms with E-state index in [1.165, 1.54) is 0 Å². The molecule has 0 saturated carbocycles. The minimum Gasteiger partial charge on any atom is -0.411 e. The number of hydrogen-bond donors (Lipinski definition) is 0. The third kappa shape index (κ3) is 4.01. The largest absolute Gasteiger partial charge is 0.411 e. The first-order chi connectivity index (χ1) is 12.9. The first-order valence-electron chi connectivity index (χ1n) is 10.2. The molecule has 2 fully saturated rings. The van der Waals surface area contributed by atoms with Gasteiger partial charge in [0.1, 0.15) is 11.2 Å². The Balaban J connectivity index is 1.84. The highest BCUT2D eigenvalue weighted by molar-refractivity contribution is 6.74. The lowest BCUT2D eigenvalue weighted by Gasteiger charge is -2.56. The van der Waals surface area contributed by atoms with Gasteiger partial charge in [0.05, 0.1) is 18.8 Å². The van der Waals surface area contributed by atoms with Crippen LogP contribution in [0.15, 0.2) is 43.0 Å². The van der Waals surface area contributed by atoms with Crippen LogP contribution in [0.1, 0.15) is 52.9 Å². The van der Waals surface area contributed by atoms with Gasteiger partial charge in [-0.1, -0.05) is 57.2 Å². The predicted octanol–water partition coefficient (Wildman–Crippen LogP) is 5.61. The van der Waals surface area contributed by atoms with Crippen molar-refractivity contribution in [1.29, 1.82) is 0 Å². The molecule has 4 nitrogen and oxygen atoms in total. The fourth-order valence-electron chi connectivity index (χ4n) is 3.72. The first-order valence-corrected chi connectivity index (χ1v) is 13.1. The van der Waals surface area contributed by atoms with Crippen LogP contribution in [0, 0.1) is 0 Å². The molecule has 1 aromatic carbocycles. The summed E-state index contributed by atoms with van der Waals surface area (Å²) in [4.78, 5) is 0. The first kappa shape index (κ1) is 21.7. The van der Waals surface area contributed by atoms with Gasteiger partial charge in [0.25, 0.3) is 0 Å². The molecule has 5 heteroatoms. The Morgan fingerprint density at radius 3 is 2.39 bits per heavy atom. The van der Waals surface area contributed by atoms with Crippen molar-refractivity contribution in [2.45, 2.75) is 88.9 Å². The lowest BCUT2D eigenvalue weighted by molar-refractivity contribution is -0.347. The summed E-state index contributed by atoms with van der Waals surface area (Å²) in [5, 5.41) is 0.124. The standard InChI is InChI=1S/C23H36O4Si/c1-9-22(5)19(26-28(7,8)21(2,3)4)15-18-23(6,27-22)16-24-20(25-18)17-13-11-10-12-14-17/h9-14,18-20H,1,15-16H2,2-8H3/t18-,19+,20+,22-,23+/m0/s1. The average molecular weight is 405 g/mol. The fourth-order valence-corrected chi connectivity index (χ4v) is 5.11. The molecule has 28 heavy (non-hydrogen) atoms. The van der Waals surface area contributed by atoms with Gasteiger partial charge < -0.3 is 18.6 Å². The van der Waals surface area contributed by atoms with E-state index in [4.69, 9.17) is 18.6 Å². The highest BCUT2D eigenvalue weighted by atomic mass is 28.4. The SMILES string of the molecule is C=C[C@]1(C)O[C@]2(C)CO[C@@H](c3ccccc3)O[C@H]2C[C@H]1O[Si](C)(C)C(C)(C)C. The van der Waals surface area contributed by atoms with Crippen LogP contribution in [0.3, 0.4) is 0 Å². The Bertz CT molecular complexity index is 698. The maximum Gasteiger partial charge on any atom is 0.192 e. The minimum absolute atomic E-state index is 0.0986. The molecule has 5 atom stereocenters. The summed E-state index contributed by atoms with van der Waals surface area (Å²) in [7, 11) is -1.97. The second-order valence-corrected chi connectivity index (χ2v) is 14.8. The zero-order chi connectivity index (χ0) is 20.8. The van der Waals surface area contributed by atoms with E-state index in [-0.39, 0.29) is 23.5 Å². The number of hydrogen-bond acceptors (Lipinski definition) is 4. The molecule has 0 aliphatic carbocycles. The molecular weight excluding hydrogens is 368 g/mol. The van der Waals surface area contributed by atoms with Crippen LogP contribution in [0.2, 0.25) is 18.1 Å². The van der Waals surface area contributed by atoms with Crippen molar-refractivity contribution in [2.24, 2.45) is 0 Å². The van der Waals surface area contributed by atoms with Crippen LogP contribution in [0.25, 0.3) is 0 Å². The third-order valence-electron chi connectivity index (χ3n) is 6.73. The molecule has 0 aromatic heterocycles.